The van der Waals surface area contributed by atoms with Gasteiger partial charge >= 0.3 is 12.3 Å². The van der Waals surface area contributed by atoms with Gasteiger partial charge < -0.3 is 15.4 Å². The molecule has 0 bridgehead atoms. The lowest BCUT2D eigenvalue weighted by Gasteiger charge is -2.17. The van der Waals surface area contributed by atoms with Gasteiger partial charge in [-0.05, 0) is 6.92 Å². The Morgan fingerprint density at radius 1 is 1.25 bits per heavy atom. The highest BCUT2D eigenvalue weighted by Gasteiger charge is 2.40. The maximum absolute atomic E-state index is 12.8. The molecule has 0 radical (unpaired) electrons. The fraction of sp³-hybridized carbons (Fsp3) is 0.636. The second-order valence-electron chi connectivity index (χ2n) is 3.93. The molecule has 20 heavy (non-hydrogen) atoms. The molecule has 0 saturated carbocycles. The number of nitrogens with zero attached hydrogens (tertiary/aromatic N) is 2. The predicted molar refractivity (Wildman–Crippen MR) is 66.3 cm³/mol. The van der Waals surface area contributed by atoms with Crippen LogP contribution in [0.25, 0.3) is 0 Å². The quantitative estimate of drug-likeness (QED) is 0.721. The molecule has 1 aromatic rings. The van der Waals surface area contributed by atoms with Crippen LogP contribution in [0.3, 0.4) is 0 Å². The van der Waals surface area contributed by atoms with Crippen LogP contribution in [-0.4, -0.2) is 42.5 Å². The van der Waals surface area contributed by atoms with Crippen LogP contribution in [0, 0.1) is 0 Å². The Balaban J connectivity index is 2.82. The number of ether oxygens (including phenoxy) is 1. The molecule has 0 amide bonds. The Labute approximate surface area is 113 Å². The molecular formula is C11H16F4N4O. The first kappa shape index (κ1) is 16.4. The molecule has 0 unspecified atom stereocenters. The normalized spacial score (nSPS) is 11.8. The first-order valence-electron chi connectivity index (χ1n) is 5.89. The topological polar surface area (TPSA) is 59.1 Å². The molecule has 0 aliphatic heterocycles. The lowest BCUT2D eigenvalue weighted by molar-refractivity contribution is -0.117. The van der Waals surface area contributed by atoms with Gasteiger partial charge in [0.25, 0.3) is 0 Å². The minimum Gasteiger partial charge on any atom is -0.377 e. The van der Waals surface area contributed by atoms with Gasteiger partial charge in [-0.25, -0.2) is 18.7 Å². The zero-order chi connectivity index (χ0) is 15.2. The van der Waals surface area contributed by atoms with E-state index in [-0.39, 0.29) is 18.2 Å². The number of aromatic nitrogens is 2. The summed E-state index contributed by atoms with van der Waals surface area (Å²) >= 11 is 0. The number of halogens is 4. The van der Waals surface area contributed by atoms with Gasteiger partial charge in [0.05, 0.1) is 6.54 Å². The minimum absolute atomic E-state index is 0.0309. The Kier molecular flexibility index (Phi) is 5.93. The van der Waals surface area contributed by atoms with E-state index in [0.717, 1.165) is 0 Å². The van der Waals surface area contributed by atoms with Crippen LogP contribution >= 0.6 is 0 Å². The second-order valence-corrected chi connectivity index (χ2v) is 3.93. The standard InChI is InChI=1S/C11H16F4N4O/c1-3-16-7-4-8(19-9(18-7)5-20-2)17-6-11(14,15)10(12)13/h4,10H,3,5-6H2,1-2H3,(H2,16,17,18,19). The van der Waals surface area contributed by atoms with Crippen molar-refractivity contribution in [1.82, 2.24) is 9.97 Å². The maximum Gasteiger partial charge on any atom is 0.324 e. The number of hydrogen-bond donors (Lipinski definition) is 2. The number of alkyl halides is 4. The van der Waals surface area contributed by atoms with Crippen LogP contribution in [0.2, 0.25) is 0 Å². The summed E-state index contributed by atoms with van der Waals surface area (Å²) in [7, 11) is 1.43. The second kappa shape index (κ2) is 7.22. The zero-order valence-corrected chi connectivity index (χ0v) is 11.1. The lowest BCUT2D eigenvalue weighted by atomic mass is 10.3. The Hall–Kier alpha value is -1.64. The molecule has 9 heteroatoms. The van der Waals surface area contributed by atoms with E-state index < -0.39 is 18.9 Å². The third kappa shape index (κ3) is 4.80. The Bertz CT molecular complexity index is 407. The van der Waals surface area contributed by atoms with Gasteiger partial charge in [-0.3, -0.25) is 0 Å². The number of anilines is 2. The highest BCUT2D eigenvalue weighted by molar-refractivity contribution is 5.47. The fourth-order valence-corrected chi connectivity index (χ4v) is 1.34. The molecule has 0 aliphatic carbocycles. The van der Waals surface area contributed by atoms with Crippen molar-refractivity contribution < 1.29 is 22.3 Å². The van der Waals surface area contributed by atoms with E-state index in [1.807, 2.05) is 6.92 Å². The Morgan fingerprint density at radius 2 is 1.85 bits per heavy atom. The molecule has 114 valence electrons. The van der Waals surface area contributed by atoms with Crippen molar-refractivity contribution in [3.8, 4) is 0 Å². The average molecular weight is 296 g/mol. The largest absolute Gasteiger partial charge is 0.377 e. The van der Waals surface area contributed by atoms with Crippen molar-refractivity contribution in [2.75, 3.05) is 30.8 Å². The summed E-state index contributed by atoms with van der Waals surface area (Å²) in [5.41, 5.74) is 0. The Morgan fingerprint density at radius 3 is 2.35 bits per heavy atom. The molecular weight excluding hydrogens is 280 g/mol. The van der Waals surface area contributed by atoms with Crippen molar-refractivity contribution in [2.45, 2.75) is 25.9 Å². The molecule has 1 rings (SSSR count). The van der Waals surface area contributed by atoms with Gasteiger partial charge in [0.1, 0.15) is 18.2 Å². The van der Waals surface area contributed by atoms with Crippen molar-refractivity contribution >= 4 is 11.6 Å². The van der Waals surface area contributed by atoms with Gasteiger partial charge in [0, 0.05) is 19.7 Å². The van der Waals surface area contributed by atoms with Crippen molar-refractivity contribution in [3.63, 3.8) is 0 Å². The first-order chi connectivity index (χ1) is 9.39. The van der Waals surface area contributed by atoms with Crippen LogP contribution in [0.15, 0.2) is 6.07 Å². The molecule has 1 aromatic heterocycles. The van der Waals surface area contributed by atoms with Crippen molar-refractivity contribution in [1.29, 1.82) is 0 Å². The molecule has 0 aromatic carbocycles. The van der Waals surface area contributed by atoms with Crippen LogP contribution in [0.1, 0.15) is 12.7 Å². The third-order valence-corrected chi connectivity index (χ3v) is 2.23. The van der Waals surface area contributed by atoms with Gasteiger partial charge in [-0.15, -0.1) is 0 Å². The number of rotatable bonds is 8. The van der Waals surface area contributed by atoms with Gasteiger partial charge in [0.2, 0.25) is 0 Å². The molecule has 0 aliphatic rings. The van der Waals surface area contributed by atoms with E-state index in [2.05, 4.69) is 20.6 Å². The predicted octanol–water partition coefficient (Wildman–Crippen LogP) is 2.37. The molecule has 0 atom stereocenters. The van der Waals surface area contributed by atoms with Crippen LogP contribution in [-0.2, 0) is 11.3 Å². The van der Waals surface area contributed by atoms with Crippen LogP contribution in [0.5, 0.6) is 0 Å². The summed E-state index contributed by atoms with van der Waals surface area (Å²) in [6.07, 6.45) is -3.73. The van der Waals surface area contributed by atoms with E-state index in [1.165, 1.54) is 13.2 Å². The lowest BCUT2D eigenvalue weighted by Crippen LogP contribution is -2.35. The van der Waals surface area contributed by atoms with E-state index >= 15 is 0 Å². The molecule has 0 fully saturated rings. The van der Waals surface area contributed by atoms with E-state index in [9.17, 15) is 17.6 Å². The number of hydrogen-bond acceptors (Lipinski definition) is 5. The average Bonchev–Trinajstić information content (AvgIpc) is 2.37. The van der Waals surface area contributed by atoms with Gasteiger partial charge in [0.15, 0.2) is 5.82 Å². The van der Waals surface area contributed by atoms with Crippen molar-refractivity contribution in [3.05, 3.63) is 11.9 Å². The maximum atomic E-state index is 12.8. The molecule has 5 nitrogen and oxygen atoms in total. The SMILES string of the molecule is CCNc1cc(NCC(F)(F)C(F)F)nc(COC)n1. The monoisotopic (exact) mass is 296 g/mol. The van der Waals surface area contributed by atoms with E-state index in [0.29, 0.717) is 12.4 Å². The van der Waals surface area contributed by atoms with Gasteiger partial charge in [-0.2, -0.15) is 8.78 Å². The molecule has 0 spiro atoms. The third-order valence-electron chi connectivity index (χ3n) is 2.23. The van der Waals surface area contributed by atoms with E-state index in [4.69, 9.17) is 4.74 Å². The van der Waals surface area contributed by atoms with Crippen LogP contribution in [0.4, 0.5) is 29.2 Å². The van der Waals surface area contributed by atoms with Crippen LogP contribution < -0.4 is 10.6 Å². The summed E-state index contributed by atoms with van der Waals surface area (Å²) in [6, 6.07) is 1.37. The fourth-order valence-electron chi connectivity index (χ4n) is 1.34. The zero-order valence-electron chi connectivity index (χ0n) is 11.1. The number of methoxy groups -OCH3 is 1. The summed E-state index contributed by atoms with van der Waals surface area (Å²) in [6.45, 7) is 1.27. The minimum atomic E-state index is -4.12. The highest BCUT2D eigenvalue weighted by atomic mass is 19.3. The number of nitrogens with one attached hydrogen (secondary N) is 2. The molecule has 2 N–H and O–H groups in total. The first-order valence-corrected chi connectivity index (χ1v) is 5.89. The molecule has 1 heterocycles. The van der Waals surface area contributed by atoms with Crippen molar-refractivity contribution in [2.24, 2.45) is 0 Å². The summed E-state index contributed by atoms with van der Waals surface area (Å²) in [4.78, 5) is 7.97. The van der Waals surface area contributed by atoms with E-state index in [1.54, 1.807) is 0 Å². The molecule has 0 saturated heterocycles. The summed E-state index contributed by atoms with van der Waals surface area (Å²) < 4.78 is 54.6. The summed E-state index contributed by atoms with van der Waals surface area (Å²) in [5.74, 6) is -3.43. The smallest absolute Gasteiger partial charge is 0.324 e. The highest BCUT2D eigenvalue weighted by Crippen LogP contribution is 2.23. The van der Waals surface area contributed by atoms with Gasteiger partial charge in [-0.1, -0.05) is 0 Å². The summed E-state index contributed by atoms with van der Waals surface area (Å²) in [5, 5.41) is 5.07.